The highest BCUT2D eigenvalue weighted by atomic mass is 79.9. The second kappa shape index (κ2) is 4.51. The molecule has 0 fully saturated rings. The molecule has 0 amide bonds. The molecule has 1 rings (SSSR count). The Labute approximate surface area is 90.8 Å². The van der Waals surface area contributed by atoms with Crippen molar-refractivity contribution in [3.63, 3.8) is 0 Å². The van der Waals surface area contributed by atoms with E-state index in [-0.39, 0.29) is 18.0 Å². The lowest BCUT2D eigenvalue weighted by atomic mass is 10.1. The Hall–Kier alpha value is -0.960. The summed E-state index contributed by atoms with van der Waals surface area (Å²) in [7, 11) is 0. The molecule has 0 radical (unpaired) electrons. The summed E-state index contributed by atoms with van der Waals surface area (Å²) >= 11 is 3.06. The third-order valence-electron chi connectivity index (χ3n) is 1.82. The van der Waals surface area contributed by atoms with E-state index in [9.17, 15) is 9.18 Å². The van der Waals surface area contributed by atoms with E-state index < -0.39 is 0 Å². The van der Waals surface area contributed by atoms with Crippen LogP contribution in [0.4, 0.5) is 4.39 Å². The van der Waals surface area contributed by atoms with Gasteiger partial charge in [0.25, 0.3) is 0 Å². The number of ketones is 1. The highest BCUT2D eigenvalue weighted by Gasteiger charge is 2.06. The number of halogens is 2. The first-order chi connectivity index (χ1) is 6.50. The Bertz CT molecular complexity index is 385. The van der Waals surface area contributed by atoms with Crippen molar-refractivity contribution in [2.45, 2.75) is 13.3 Å². The fourth-order valence-electron chi connectivity index (χ4n) is 0.986. The number of benzene rings is 1. The smallest absolute Gasteiger partial charge is 0.162 e. The number of carbonyl (C=O) groups excluding carboxylic acids is 1. The van der Waals surface area contributed by atoms with Crippen molar-refractivity contribution in [2.75, 3.05) is 0 Å². The van der Waals surface area contributed by atoms with E-state index in [2.05, 4.69) is 22.5 Å². The molecule has 0 aliphatic carbocycles. The van der Waals surface area contributed by atoms with E-state index in [0.717, 1.165) is 5.56 Å². The van der Waals surface area contributed by atoms with Gasteiger partial charge >= 0.3 is 0 Å². The van der Waals surface area contributed by atoms with Crippen molar-refractivity contribution in [3.05, 3.63) is 46.2 Å². The predicted octanol–water partition coefficient (Wildman–Crippen LogP) is 3.28. The Morgan fingerprint density at radius 3 is 2.71 bits per heavy atom. The van der Waals surface area contributed by atoms with E-state index in [0.29, 0.717) is 10.0 Å². The molecule has 74 valence electrons. The van der Waals surface area contributed by atoms with Crippen molar-refractivity contribution in [2.24, 2.45) is 0 Å². The minimum Gasteiger partial charge on any atom is -0.294 e. The topological polar surface area (TPSA) is 17.1 Å². The first-order valence-electron chi connectivity index (χ1n) is 4.13. The van der Waals surface area contributed by atoms with Gasteiger partial charge in [-0.25, -0.2) is 4.39 Å². The van der Waals surface area contributed by atoms with Gasteiger partial charge in [-0.3, -0.25) is 4.79 Å². The number of rotatable bonds is 3. The minimum atomic E-state index is -0.323. The number of allylic oxidation sites excluding steroid dienone is 1. The van der Waals surface area contributed by atoms with E-state index in [1.165, 1.54) is 6.07 Å². The van der Waals surface area contributed by atoms with Gasteiger partial charge in [0.2, 0.25) is 0 Å². The average molecular weight is 257 g/mol. The number of hydrogen-bond acceptors (Lipinski definition) is 1. The molecule has 0 aliphatic heterocycles. The molecule has 0 bridgehead atoms. The second-order valence-electron chi connectivity index (χ2n) is 3.13. The Kier molecular flexibility index (Phi) is 3.58. The molecule has 0 spiro atoms. The molecule has 0 heterocycles. The zero-order chi connectivity index (χ0) is 10.7. The van der Waals surface area contributed by atoms with Crippen molar-refractivity contribution in [1.82, 2.24) is 0 Å². The van der Waals surface area contributed by atoms with Crippen LogP contribution in [-0.2, 0) is 11.2 Å². The number of Topliss-reactive ketones (excluding diaryl/α,β-unsaturated/α-hetero) is 1. The van der Waals surface area contributed by atoms with E-state index in [1.54, 1.807) is 19.1 Å². The van der Waals surface area contributed by atoms with Crippen molar-refractivity contribution in [3.8, 4) is 0 Å². The third-order valence-corrected chi connectivity index (χ3v) is 2.43. The summed E-state index contributed by atoms with van der Waals surface area (Å²) in [6.45, 7) is 5.22. The molecule has 1 aromatic carbocycles. The molecular formula is C11H10BrFO. The van der Waals surface area contributed by atoms with Gasteiger partial charge in [-0.2, -0.15) is 0 Å². The second-order valence-corrected chi connectivity index (χ2v) is 3.98. The van der Waals surface area contributed by atoms with Crippen LogP contribution in [0.3, 0.4) is 0 Å². The van der Waals surface area contributed by atoms with Gasteiger partial charge in [0, 0.05) is 6.42 Å². The van der Waals surface area contributed by atoms with Crippen LogP contribution in [0.5, 0.6) is 0 Å². The van der Waals surface area contributed by atoms with Crippen molar-refractivity contribution < 1.29 is 9.18 Å². The van der Waals surface area contributed by atoms with E-state index in [1.807, 2.05) is 0 Å². The summed E-state index contributed by atoms with van der Waals surface area (Å²) in [6, 6.07) is 4.54. The Morgan fingerprint density at radius 1 is 1.57 bits per heavy atom. The SMILES string of the molecule is C=C(C)C(=O)Cc1ccc(F)c(Br)c1. The maximum atomic E-state index is 12.8. The lowest BCUT2D eigenvalue weighted by molar-refractivity contribution is -0.114. The van der Waals surface area contributed by atoms with Crippen LogP contribution in [0.2, 0.25) is 0 Å². The van der Waals surface area contributed by atoms with Crippen LogP contribution >= 0.6 is 15.9 Å². The maximum absolute atomic E-state index is 12.8. The summed E-state index contributed by atoms with van der Waals surface area (Å²) in [5.74, 6) is -0.347. The quantitative estimate of drug-likeness (QED) is 0.759. The molecule has 1 nitrogen and oxygen atoms in total. The molecule has 0 aromatic heterocycles. The number of hydrogen-bond donors (Lipinski definition) is 0. The van der Waals surface area contributed by atoms with Crippen LogP contribution in [-0.4, -0.2) is 5.78 Å². The molecular weight excluding hydrogens is 247 g/mol. The predicted molar refractivity (Wildman–Crippen MR) is 57.6 cm³/mol. The van der Waals surface area contributed by atoms with Gasteiger partial charge in [0.15, 0.2) is 5.78 Å². The zero-order valence-corrected chi connectivity index (χ0v) is 9.40. The lowest BCUT2D eigenvalue weighted by Gasteiger charge is -2.01. The Balaban J connectivity index is 2.83. The van der Waals surface area contributed by atoms with Gasteiger partial charge in [-0.05, 0) is 46.1 Å². The highest BCUT2D eigenvalue weighted by Crippen LogP contribution is 2.17. The average Bonchev–Trinajstić information content (AvgIpc) is 2.11. The number of carbonyl (C=O) groups is 1. The molecule has 0 saturated heterocycles. The molecule has 0 saturated carbocycles. The van der Waals surface area contributed by atoms with Gasteiger partial charge in [-0.1, -0.05) is 12.6 Å². The van der Waals surface area contributed by atoms with Crippen LogP contribution < -0.4 is 0 Å². The fourth-order valence-corrected chi connectivity index (χ4v) is 1.41. The summed E-state index contributed by atoms with van der Waals surface area (Å²) in [5, 5.41) is 0. The summed E-state index contributed by atoms with van der Waals surface area (Å²) < 4.78 is 13.2. The molecule has 14 heavy (non-hydrogen) atoms. The van der Waals surface area contributed by atoms with Crippen LogP contribution in [0.25, 0.3) is 0 Å². The zero-order valence-electron chi connectivity index (χ0n) is 7.81. The third kappa shape index (κ3) is 2.77. The molecule has 0 N–H and O–H groups in total. The summed E-state index contributed by atoms with van der Waals surface area (Å²) in [6.07, 6.45) is 0.272. The first kappa shape index (κ1) is 11.1. The van der Waals surface area contributed by atoms with Crippen molar-refractivity contribution >= 4 is 21.7 Å². The lowest BCUT2D eigenvalue weighted by Crippen LogP contribution is -2.03. The highest BCUT2D eigenvalue weighted by molar-refractivity contribution is 9.10. The summed E-state index contributed by atoms with van der Waals surface area (Å²) in [4.78, 5) is 11.3. The van der Waals surface area contributed by atoms with E-state index in [4.69, 9.17) is 0 Å². The minimum absolute atomic E-state index is 0.0245. The monoisotopic (exact) mass is 256 g/mol. The standard InChI is InChI=1S/C11H10BrFO/c1-7(2)11(14)6-8-3-4-10(13)9(12)5-8/h3-5H,1,6H2,2H3. The van der Waals surface area contributed by atoms with Gasteiger partial charge in [0.1, 0.15) is 5.82 Å². The molecule has 0 atom stereocenters. The normalized spacial score (nSPS) is 9.93. The van der Waals surface area contributed by atoms with E-state index >= 15 is 0 Å². The maximum Gasteiger partial charge on any atom is 0.162 e. The molecule has 0 aliphatic rings. The van der Waals surface area contributed by atoms with Crippen LogP contribution in [0.15, 0.2) is 34.8 Å². The van der Waals surface area contributed by atoms with Crippen LogP contribution in [0, 0.1) is 5.82 Å². The Morgan fingerprint density at radius 2 is 2.21 bits per heavy atom. The molecule has 1 aromatic rings. The molecule has 0 unspecified atom stereocenters. The van der Waals surface area contributed by atoms with Gasteiger partial charge < -0.3 is 0 Å². The molecule has 3 heteroatoms. The van der Waals surface area contributed by atoms with Gasteiger partial charge in [0.05, 0.1) is 4.47 Å². The summed E-state index contributed by atoms with van der Waals surface area (Å²) in [5.41, 5.74) is 1.30. The fraction of sp³-hybridized carbons (Fsp3) is 0.182. The van der Waals surface area contributed by atoms with Crippen molar-refractivity contribution in [1.29, 1.82) is 0 Å². The van der Waals surface area contributed by atoms with Gasteiger partial charge in [-0.15, -0.1) is 0 Å². The first-order valence-corrected chi connectivity index (χ1v) is 4.92. The largest absolute Gasteiger partial charge is 0.294 e. The van der Waals surface area contributed by atoms with Crippen LogP contribution in [0.1, 0.15) is 12.5 Å².